The van der Waals surface area contributed by atoms with Gasteiger partial charge < -0.3 is 10.4 Å². The molecule has 0 saturated heterocycles. The summed E-state index contributed by atoms with van der Waals surface area (Å²) in [7, 11) is 0. The number of benzene rings is 1. The van der Waals surface area contributed by atoms with Gasteiger partial charge >= 0.3 is 0 Å². The summed E-state index contributed by atoms with van der Waals surface area (Å²) >= 11 is 0. The molecule has 1 atom stereocenters. The smallest absolute Gasteiger partial charge is 0.251 e. The van der Waals surface area contributed by atoms with Crippen molar-refractivity contribution in [1.29, 1.82) is 0 Å². The van der Waals surface area contributed by atoms with Gasteiger partial charge in [0, 0.05) is 11.6 Å². The Labute approximate surface area is 115 Å². The van der Waals surface area contributed by atoms with Crippen LogP contribution in [0.25, 0.3) is 0 Å². The molecule has 19 heavy (non-hydrogen) atoms. The van der Waals surface area contributed by atoms with E-state index in [9.17, 15) is 9.90 Å². The Bertz CT molecular complexity index is 480. The van der Waals surface area contributed by atoms with Crippen LogP contribution in [0.3, 0.4) is 0 Å². The number of carbonyl (C=O) groups excluding carboxylic acids is 1. The molecule has 1 aromatic carbocycles. The van der Waals surface area contributed by atoms with Gasteiger partial charge in [0.05, 0.1) is 0 Å². The molecule has 0 aliphatic heterocycles. The Hall–Kier alpha value is -1.51. The van der Waals surface area contributed by atoms with E-state index in [0.717, 1.165) is 18.4 Å². The number of nitrogens with one attached hydrogen (secondary N) is 1. The van der Waals surface area contributed by atoms with Crippen LogP contribution in [0.2, 0.25) is 0 Å². The Balaban J connectivity index is 2.12. The lowest BCUT2D eigenvalue weighted by Gasteiger charge is -2.39. The molecule has 0 radical (unpaired) electrons. The summed E-state index contributed by atoms with van der Waals surface area (Å²) in [6.45, 7) is 6.29. The largest absolute Gasteiger partial charge is 0.508 e. The van der Waals surface area contributed by atoms with Gasteiger partial charge in [0.25, 0.3) is 5.91 Å². The monoisotopic (exact) mass is 261 g/mol. The molecule has 104 valence electrons. The van der Waals surface area contributed by atoms with Crippen molar-refractivity contribution in [3.05, 3.63) is 29.3 Å². The lowest BCUT2D eigenvalue weighted by Crippen LogP contribution is -2.46. The van der Waals surface area contributed by atoms with Crippen molar-refractivity contribution < 1.29 is 9.90 Å². The predicted molar refractivity (Wildman–Crippen MR) is 76.3 cm³/mol. The van der Waals surface area contributed by atoms with Crippen molar-refractivity contribution >= 4 is 5.91 Å². The van der Waals surface area contributed by atoms with Crippen LogP contribution in [0.1, 0.15) is 55.5 Å². The van der Waals surface area contributed by atoms with Crippen molar-refractivity contribution in [2.45, 2.75) is 52.5 Å². The zero-order valence-electron chi connectivity index (χ0n) is 12.0. The highest BCUT2D eigenvalue weighted by molar-refractivity contribution is 5.96. The lowest BCUT2D eigenvalue weighted by atomic mass is 9.73. The van der Waals surface area contributed by atoms with Crippen LogP contribution < -0.4 is 5.32 Å². The molecule has 1 unspecified atom stereocenters. The van der Waals surface area contributed by atoms with Gasteiger partial charge in [0.1, 0.15) is 5.75 Å². The highest BCUT2D eigenvalue weighted by atomic mass is 16.3. The van der Waals surface area contributed by atoms with E-state index in [-0.39, 0.29) is 23.1 Å². The van der Waals surface area contributed by atoms with Crippen molar-refractivity contribution in [2.75, 3.05) is 0 Å². The lowest BCUT2D eigenvalue weighted by molar-refractivity contribution is 0.0853. The number of phenols is 1. The van der Waals surface area contributed by atoms with Gasteiger partial charge in [-0.3, -0.25) is 4.79 Å². The Morgan fingerprint density at radius 1 is 1.37 bits per heavy atom. The van der Waals surface area contributed by atoms with E-state index in [1.807, 2.05) is 6.92 Å². The zero-order valence-corrected chi connectivity index (χ0v) is 12.0. The van der Waals surface area contributed by atoms with Gasteiger partial charge in [-0.25, -0.2) is 0 Å². The fourth-order valence-corrected chi connectivity index (χ4v) is 2.90. The molecule has 1 aliphatic rings. The van der Waals surface area contributed by atoms with Crippen LogP contribution >= 0.6 is 0 Å². The van der Waals surface area contributed by atoms with E-state index in [2.05, 4.69) is 19.2 Å². The topological polar surface area (TPSA) is 49.3 Å². The summed E-state index contributed by atoms with van der Waals surface area (Å²) in [5.41, 5.74) is 1.63. The second-order valence-electron chi connectivity index (χ2n) is 6.26. The molecule has 1 saturated carbocycles. The number of amides is 1. The summed E-state index contributed by atoms with van der Waals surface area (Å²) in [5.74, 6) is 0.171. The summed E-state index contributed by atoms with van der Waals surface area (Å²) in [6.07, 6.45) is 4.64. The van der Waals surface area contributed by atoms with E-state index in [1.54, 1.807) is 18.2 Å². The average Bonchev–Trinajstić information content (AvgIpc) is 2.31. The minimum Gasteiger partial charge on any atom is -0.508 e. The Morgan fingerprint density at radius 3 is 2.74 bits per heavy atom. The molecule has 2 rings (SSSR count). The maximum absolute atomic E-state index is 12.3. The average molecular weight is 261 g/mol. The molecule has 3 nitrogen and oxygen atoms in total. The first-order chi connectivity index (χ1) is 8.90. The van der Waals surface area contributed by atoms with Crippen LogP contribution in [-0.4, -0.2) is 17.1 Å². The van der Waals surface area contributed by atoms with E-state index in [4.69, 9.17) is 0 Å². The van der Waals surface area contributed by atoms with Crippen LogP contribution in [-0.2, 0) is 0 Å². The number of aryl methyl sites for hydroxylation is 1. The zero-order chi connectivity index (χ0) is 14.0. The Morgan fingerprint density at radius 2 is 2.11 bits per heavy atom. The number of hydrogen-bond donors (Lipinski definition) is 2. The van der Waals surface area contributed by atoms with E-state index >= 15 is 0 Å². The van der Waals surface area contributed by atoms with Crippen molar-refractivity contribution in [2.24, 2.45) is 5.41 Å². The van der Waals surface area contributed by atoms with Crippen LogP contribution in [0.5, 0.6) is 5.75 Å². The van der Waals surface area contributed by atoms with Crippen LogP contribution in [0.4, 0.5) is 0 Å². The molecule has 2 N–H and O–H groups in total. The highest BCUT2D eigenvalue weighted by Gasteiger charge is 2.33. The minimum atomic E-state index is -0.0301. The van der Waals surface area contributed by atoms with E-state index in [1.165, 1.54) is 12.8 Å². The van der Waals surface area contributed by atoms with Gasteiger partial charge in [-0.05, 0) is 48.9 Å². The van der Waals surface area contributed by atoms with Gasteiger partial charge in [0.15, 0.2) is 0 Å². The summed E-state index contributed by atoms with van der Waals surface area (Å²) in [5, 5.41) is 12.6. The number of phenolic OH excluding ortho intramolecular Hbond substituents is 1. The minimum absolute atomic E-state index is 0.0301. The van der Waals surface area contributed by atoms with Gasteiger partial charge in [0.2, 0.25) is 0 Å². The summed E-state index contributed by atoms with van der Waals surface area (Å²) < 4.78 is 0. The first-order valence-corrected chi connectivity index (χ1v) is 7.00. The third kappa shape index (κ3) is 3.09. The normalized spacial score (nSPS) is 21.9. The molecule has 3 heteroatoms. The summed E-state index contributed by atoms with van der Waals surface area (Å²) in [6, 6.07) is 5.12. The molecule has 1 amide bonds. The van der Waals surface area contributed by atoms with Crippen LogP contribution in [0, 0.1) is 12.3 Å². The molecule has 1 aliphatic carbocycles. The summed E-state index contributed by atoms with van der Waals surface area (Å²) in [4.78, 5) is 12.3. The number of aromatic hydroxyl groups is 1. The molecular formula is C16H23NO2. The molecule has 0 aromatic heterocycles. The fourth-order valence-electron chi connectivity index (χ4n) is 2.90. The first-order valence-electron chi connectivity index (χ1n) is 7.00. The molecule has 0 bridgehead atoms. The number of carbonyl (C=O) groups is 1. The predicted octanol–water partition coefficient (Wildman–Crippen LogP) is 3.40. The highest BCUT2D eigenvalue weighted by Crippen LogP contribution is 2.35. The molecule has 0 heterocycles. The SMILES string of the molecule is Cc1cc(O)ccc1C(=O)NC1CCCCC1(C)C. The van der Waals surface area contributed by atoms with Crippen molar-refractivity contribution in [1.82, 2.24) is 5.32 Å². The second-order valence-corrected chi connectivity index (χ2v) is 6.26. The van der Waals surface area contributed by atoms with Gasteiger partial charge in [-0.2, -0.15) is 0 Å². The number of hydrogen-bond acceptors (Lipinski definition) is 2. The van der Waals surface area contributed by atoms with Crippen molar-refractivity contribution in [3.8, 4) is 5.75 Å². The maximum atomic E-state index is 12.3. The maximum Gasteiger partial charge on any atom is 0.251 e. The van der Waals surface area contributed by atoms with E-state index < -0.39 is 0 Å². The van der Waals surface area contributed by atoms with E-state index in [0.29, 0.717) is 5.56 Å². The fraction of sp³-hybridized carbons (Fsp3) is 0.562. The standard InChI is InChI=1S/C16H23NO2/c1-11-10-12(18)7-8-13(11)15(19)17-14-6-4-5-9-16(14,2)3/h7-8,10,14,18H,4-6,9H2,1-3H3,(H,17,19). The third-order valence-electron chi connectivity index (χ3n) is 4.27. The Kier molecular flexibility index (Phi) is 3.83. The molecule has 1 fully saturated rings. The molecular weight excluding hydrogens is 238 g/mol. The molecule has 1 aromatic rings. The molecule has 0 spiro atoms. The number of rotatable bonds is 2. The van der Waals surface area contributed by atoms with Gasteiger partial charge in [-0.15, -0.1) is 0 Å². The second kappa shape index (κ2) is 5.24. The first kappa shape index (κ1) is 13.9. The quantitative estimate of drug-likeness (QED) is 0.857. The van der Waals surface area contributed by atoms with Gasteiger partial charge in [-0.1, -0.05) is 26.7 Å². The third-order valence-corrected chi connectivity index (χ3v) is 4.27. The van der Waals surface area contributed by atoms with Crippen molar-refractivity contribution in [3.63, 3.8) is 0 Å². The van der Waals surface area contributed by atoms with Crippen LogP contribution in [0.15, 0.2) is 18.2 Å².